The smallest absolute Gasteiger partial charge is 0.0498 e. The van der Waals surface area contributed by atoms with Gasteiger partial charge in [0.05, 0.1) is 0 Å². The molecule has 0 bridgehead atoms. The average Bonchev–Trinajstić information content (AvgIpc) is 2.94. The van der Waals surface area contributed by atoms with Crippen LogP contribution in [-0.4, -0.2) is 0 Å². The van der Waals surface area contributed by atoms with E-state index in [1.807, 2.05) is 11.3 Å². The minimum Gasteiger partial charge on any atom is -0.134 e. The molecule has 0 saturated heterocycles. The first-order valence-electron chi connectivity index (χ1n) is 7.66. The molecule has 5 aromatic rings. The lowest BCUT2D eigenvalue weighted by atomic mass is 9.99. The molecule has 0 saturated carbocycles. The summed E-state index contributed by atoms with van der Waals surface area (Å²) in [5.41, 5.74) is 1.33. The molecule has 5 rings (SSSR count). The number of thiophene rings is 1. The van der Waals surface area contributed by atoms with Crippen molar-refractivity contribution in [2.24, 2.45) is 0 Å². The van der Waals surface area contributed by atoms with Gasteiger partial charge in [-0.15, -0.1) is 11.3 Å². The van der Waals surface area contributed by atoms with Gasteiger partial charge in [0.25, 0.3) is 0 Å². The van der Waals surface area contributed by atoms with Gasteiger partial charge in [-0.25, -0.2) is 0 Å². The van der Waals surface area contributed by atoms with Crippen molar-refractivity contribution >= 4 is 64.7 Å². The van der Waals surface area contributed by atoms with Crippen LogP contribution in [0.5, 0.6) is 0 Å². The molecule has 0 radical (unpaired) electrons. The Morgan fingerprint density at radius 1 is 0.739 bits per heavy atom. The summed E-state index contributed by atoms with van der Waals surface area (Å²) in [6.45, 7) is 2.20. The van der Waals surface area contributed by atoms with Crippen molar-refractivity contribution < 1.29 is 0 Å². The fourth-order valence-electron chi connectivity index (χ4n) is 3.60. The largest absolute Gasteiger partial charge is 0.134 e. The highest BCUT2D eigenvalue weighted by molar-refractivity contribution is 7.27. The number of fused-ring (bicyclic) bond motifs is 7. The summed E-state index contributed by atoms with van der Waals surface area (Å²) in [5.74, 6) is 0. The molecule has 110 valence electrons. The van der Waals surface area contributed by atoms with E-state index in [2.05, 4.69) is 67.6 Å². The van der Waals surface area contributed by atoms with Gasteiger partial charge in [0.1, 0.15) is 0 Å². The van der Waals surface area contributed by atoms with Gasteiger partial charge in [0, 0.05) is 30.6 Å². The number of aryl methyl sites for hydroxylation is 1. The fourth-order valence-corrected chi connectivity index (χ4v) is 5.22. The zero-order valence-electron chi connectivity index (χ0n) is 12.6. The van der Waals surface area contributed by atoms with Crippen LogP contribution in [0.1, 0.15) is 5.56 Å². The third kappa shape index (κ3) is 1.78. The van der Waals surface area contributed by atoms with Gasteiger partial charge in [-0.1, -0.05) is 60.1 Å². The second kappa shape index (κ2) is 4.70. The Balaban J connectivity index is 2.14. The molecule has 0 nitrogen and oxygen atoms in total. The lowest BCUT2D eigenvalue weighted by Crippen LogP contribution is -1.80. The third-order valence-corrected chi connectivity index (χ3v) is 6.14. The van der Waals surface area contributed by atoms with Crippen LogP contribution in [0.25, 0.3) is 41.7 Å². The summed E-state index contributed by atoms with van der Waals surface area (Å²) >= 11 is 8.36. The summed E-state index contributed by atoms with van der Waals surface area (Å²) in [7, 11) is 0. The predicted molar refractivity (Wildman–Crippen MR) is 104 cm³/mol. The first-order chi connectivity index (χ1) is 11.2. The molecule has 0 unspecified atom stereocenters. The molecule has 0 N–H and O–H groups in total. The molecule has 0 aliphatic carbocycles. The highest BCUT2D eigenvalue weighted by Crippen LogP contribution is 2.44. The van der Waals surface area contributed by atoms with E-state index in [0.29, 0.717) is 0 Å². The summed E-state index contributed by atoms with van der Waals surface area (Å²) in [6, 6.07) is 21.5. The van der Waals surface area contributed by atoms with Crippen LogP contribution in [0.3, 0.4) is 0 Å². The van der Waals surface area contributed by atoms with Crippen molar-refractivity contribution in [2.45, 2.75) is 6.92 Å². The normalized spacial score (nSPS) is 11.9. The highest BCUT2D eigenvalue weighted by atomic mass is 35.5. The van der Waals surface area contributed by atoms with Crippen LogP contribution in [0.15, 0.2) is 60.7 Å². The lowest BCUT2D eigenvalue weighted by molar-refractivity contribution is 1.57. The van der Waals surface area contributed by atoms with Crippen LogP contribution < -0.4 is 0 Å². The van der Waals surface area contributed by atoms with Crippen LogP contribution >= 0.6 is 22.9 Å². The van der Waals surface area contributed by atoms with Crippen LogP contribution in [0, 0.1) is 6.92 Å². The molecule has 0 fully saturated rings. The Morgan fingerprint density at radius 3 is 2.17 bits per heavy atom. The van der Waals surface area contributed by atoms with E-state index < -0.39 is 0 Å². The second-order valence-corrected chi connectivity index (χ2v) is 7.45. The van der Waals surface area contributed by atoms with Gasteiger partial charge in [-0.2, -0.15) is 0 Å². The third-order valence-electron chi connectivity index (χ3n) is 4.64. The summed E-state index contributed by atoms with van der Waals surface area (Å²) < 4.78 is 2.62. The van der Waals surface area contributed by atoms with Gasteiger partial charge in [0.2, 0.25) is 0 Å². The molecule has 1 heterocycles. The standard InChI is InChI=1S/C21H13ClS/c1-12-10-17-20-15-8-4-3-7-14(15)18(22)11-19(20)23-21(17)16-9-5-2-6-13(12)16/h2-11H,1H3. The summed E-state index contributed by atoms with van der Waals surface area (Å²) in [5, 5.41) is 8.56. The minimum atomic E-state index is 0.834. The second-order valence-electron chi connectivity index (χ2n) is 5.99. The van der Waals surface area contributed by atoms with E-state index in [1.54, 1.807) is 0 Å². The number of hydrogen-bond donors (Lipinski definition) is 0. The Kier molecular flexibility index (Phi) is 2.73. The zero-order valence-corrected chi connectivity index (χ0v) is 14.1. The minimum absolute atomic E-state index is 0.834. The Hall–Kier alpha value is -2.09. The quantitative estimate of drug-likeness (QED) is 0.278. The predicted octanol–water partition coefficient (Wildman–Crippen LogP) is 7.32. The number of benzene rings is 4. The van der Waals surface area contributed by atoms with Gasteiger partial charge < -0.3 is 0 Å². The average molecular weight is 333 g/mol. The maximum Gasteiger partial charge on any atom is 0.0498 e. The van der Waals surface area contributed by atoms with Crippen molar-refractivity contribution in [1.29, 1.82) is 0 Å². The Bertz CT molecular complexity index is 1230. The monoisotopic (exact) mass is 332 g/mol. The molecule has 0 atom stereocenters. The number of rotatable bonds is 0. The number of hydrogen-bond acceptors (Lipinski definition) is 1. The first kappa shape index (κ1) is 13.4. The van der Waals surface area contributed by atoms with Crippen molar-refractivity contribution in [2.75, 3.05) is 0 Å². The van der Waals surface area contributed by atoms with E-state index >= 15 is 0 Å². The Labute approximate surface area is 142 Å². The number of halogens is 1. The SMILES string of the molecule is Cc1cc2c(sc3cc(Cl)c4ccccc4c32)c2ccccc12. The molecule has 0 amide bonds. The van der Waals surface area contributed by atoms with E-state index in [4.69, 9.17) is 11.6 Å². The molecular formula is C21H13ClS. The zero-order chi connectivity index (χ0) is 15.6. The molecule has 1 aromatic heterocycles. The maximum atomic E-state index is 6.52. The van der Waals surface area contributed by atoms with Crippen LogP contribution in [0.2, 0.25) is 5.02 Å². The molecule has 23 heavy (non-hydrogen) atoms. The highest BCUT2D eigenvalue weighted by Gasteiger charge is 2.14. The molecular weight excluding hydrogens is 320 g/mol. The van der Waals surface area contributed by atoms with E-state index in [-0.39, 0.29) is 0 Å². The van der Waals surface area contributed by atoms with E-state index in [0.717, 1.165) is 10.4 Å². The topological polar surface area (TPSA) is 0 Å². The fraction of sp³-hybridized carbons (Fsp3) is 0.0476. The lowest BCUT2D eigenvalue weighted by Gasteiger charge is -2.05. The van der Waals surface area contributed by atoms with Crippen molar-refractivity contribution in [3.63, 3.8) is 0 Å². The van der Waals surface area contributed by atoms with Gasteiger partial charge in [-0.3, -0.25) is 0 Å². The molecule has 0 aliphatic rings. The van der Waals surface area contributed by atoms with Gasteiger partial charge in [-0.05, 0) is 40.8 Å². The molecule has 4 aromatic carbocycles. The maximum absolute atomic E-state index is 6.52. The molecule has 0 spiro atoms. The van der Waals surface area contributed by atoms with E-state index in [1.165, 1.54) is 41.9 Å². The van der Waals surface area contributed by atoms with Crippen molar-refractivity contribution in [1.82, 2.24) is 0 Å². The van der Waals surface area contributed by atoms with Gasteiger partial charge >= 0.3 is 0 Å². The van der Waals surface area contributed by atoms with E-state index in [9.17, 15) is 0 Å². The molecule has 0 aliphatic heterocycles. The van der Waals surface area contributed by atoms with Gasteiger partial charge in [0.15, 0.2) is 0 Å². The van der Waals surface area contributed by atoms with Crippen LogP contribution in [-0.2, 0) is 0 Å². The Morgan fingerprint density at radius 2 is 1.39 bits per heavy atom. The molecule has 2 heteroatoms. The van der Waals surface area contributed by atoms with Crippen LogP contribution in [0.4, 0.5) is 0 Å². The first-order valence-corrected chi connectivity index (χ1v) is 8.85. The van der Waals surface area contributed by atoms with Crippen molar-refractivity contribution in [3.8, 4) is 0 Å². The van der Waals surface area contributed by atoms with Crippen molar-refractivity contribution in [3.05, 3.63) is 71.2 Å². The summed E-state index contributed by atoms with van der Waals surface area (Å²) in [4.78, 5) is 0. The summed E-state index contributed by atoms with van der Waals surface area (Å²) in [6.07, 6.45) is 0.